The number of carbonyl (C=O) groups is 1. The number of rotatable bonds is 2. The van der Waals surface area contributed by atoms with Gasteiger partial charge in [0.25, 0.3) is 5.91 Å². The number of aliphatic hydroxyl groups is 1. The molecule has 0 aliphatic heterocycles. The molecule has 0 atom stereocenters. The number of halogens is 1. The highest BCUT2D eigenvalue weighted by atomic mass is 32.1. The van der Waals surface area contributed by atoms with Gasteiger partial charge in [0.1, 0.15) is 17.3 Å². The summed E-state index contributed by atoms with van der Waals surface area (Å²) in [7, 11) is 0. The van der Waals surface area contributed by atoms with Crippen LogP contribution in [-0.2, 0) is 0 Å². The maximum absolute atomic E-state index is 13.3. The number of aliphatic hydroxyl groups excluding tert-OH is 1. The van der Waals surface area contributed by atoms with Crippen LogP contribution in [0.4, 0.5) is 10.1 Å². The molecule has 2 rings (SSSR count). The Kier molecular flexibility index (Phi) is 4.51. The van der Waals surface area contributed by atoms with Gasteiger partial charge in [-0.1, -0.05) is 11.8 Å². The number of hydrogen-bond donors (Lipinski definition) is 2. The summed E-state index contributed by atoms with van der Waals surface area (Å²) in [5.41, 5.74) is 1.68. The molecule has 0 saturated heterocycles. The topological polar surface area (TPSA) is 49.3 Å². The van der Waals surface area contributed by atoms with E-state index in [1.807, 2.05) is 0 Å². The van der Waals surface area contributed by atoms with Gasteiger partial charge in [-0.2, -0.15) is 0 Å². The first-order valence-electron chi connectivity index (χ1n) is 5.86. The van der Waals surface area contributed by atoms with Gasteiger partial charge in [0.15, 0.2) is 0 Å². The smallest absolute Gasteiger partial charge is 0.267 e. The molecular weight excluding hydrogens is 277 g/mol. The fraction of sp³-hybridized carbons (Fsp3) is 0.133. The van der Waals surface area contributed by atoms with Gasteiger partial charge in [0, 0.05) is 11.3 Å². The quantitative estimate of drug-likeness (QED) is 0.835. The van der Waals surface area contributed by atoms with E-state index in [0.29, 0.717) is 16.1 Å². The highest BCUT2D eigenvalue weighted by Crippen LogP contribution is 2.19. The number of amides is 1. The highest BCUT2D eigenvalue weighted by Gasteiger charge is 2.12. The normalized spacial score (nSPS) is 9.75. The lowest BCUT2D eigenvalue weighted by atomic mass is 10.2. The van der Waals surface area contributed by atoms with Crippen molar-refractivity contribution in [2.45, 2.75) is 6.92 Å². The van der Waals surface area contributed by atoms with Gasteiger partial charge in [-0.3, -0.25) is 4.79 Å². The molecule has 3 nitrogen and oxygen atoms in total. The minimum Gasteiger partial charge on any atom is -0.384 e. The molecule has 1 aromatic heterocycles. The van der Waals surface area contributed by atoms with Gasteiger partial charge in [0.05, 0.1) is 0 Å². The third-order valence-corrected chi connectivity index (χ3v) is 3.39. The molecule has 102 valence electrons. The standard InChI is InChI=1S/C15H12FNO2S/c1-10-7-12(16)9-13(8-10)17-15(19)14-11(3-2-5-18)4-6-20-14/h4,6-9,18H,5H2,1H3,(H,17,19). The molecule has 0 saturated carbocycles. The van der Waals surface area contributed by atoms with Crippen LogP contribution in [0.15, 0.2) is 29.6 Å². The van der Waals surface area contributed by atoms with Crippen molar-refractivity contribution < 1.29 is 14.3 Å². The van der Waals surface area contributed by atoms with Crippen LogP contribution < -0.4 is 5.32 Å². The third-order valence-electron chi connectivity index (χ3n) is 2.47. The Balaban J connectivity index is 2.22. The zero-order valence-corrected chi connectivity index (χ0v) is 11.6. The van der Waals surface area contributed by atoms with Crippen LogP contribution in [0.1, 0.15) is 20.8 Å². The second-order valence-corrected chi connectivity index (χ2v) is 5.01. The largest absolute Gasteiger partial charge is 0.384 e. The van der Waals surface area contributed by atoms with Crippen molar-refractivity contribution in [3.05, 3.63) is 51.5 Å². The van der Waals surface area contributed by atoms with Gasteiger partial charge in [0.2, 0.25) is 0 Å². The average Bonchev–Trinajstić information content (AvgIpc) is 2.83. The second kappa shape index (κ2) is 6.33. The van der Waals surface area contributed by atoms with E-state index >= 15 is 0 Å². The zero-order chi connectivity index (χ0) is 14.5. The molecule has 1 heterocycles. The molecular formula is C15H12FNO2S. The summed E-state index contributed by atoms with van der Waals surface area (Å²) in [5, 5.41) is 13.1. The summed E-state index contributed by atoms with van der Waals surface area (Å²) in [4.78, 5) is 12.6. The van der Waals surface area contributed by atoms with Crippen LogP contribution in [0.2, 0.25) is 0 Å². The molecule has 0 bridgehead atoms. The van der Waals surface area contributed by atoms with Crippen LogP contribution in [0, 0.1) is 24.6 Å². The van der Waals surface area contributed by atoms with E-state index in [4.69, 9.17) is 5.11 Å². The van der Waals surface area contributed by atoms with Crippen LogP contribution in [-0.4, -0.2) is 17.6 Å². The van der Waals surface area contributed by atoms with Crippen molar-refractivity contribution in [1.82, 2.24) is 0 Å². The Morgan fingerprint density at radius 3 is 2.95 bits per heavy atom. The Morgan fingerprint density at radius 2 is 2.25 bits per heavy atom. The summed E-state index contributed by atoms with van der Waals surface area (Å²) < 4.78 is 13.3. The molecule has 2 N–H and O–H groups in total. The van der Waals surface area contributed by atoms with Gasteiger partial charge < -0.3 is 10.4 Å². The molecule has 0 aliphatic rings. The van der Waals surface area contributed by atoms with Crippen LogP contribution in [0.5, 0.6) is 0 Å². The number of anilines is 1. The average molecular weight is 289 g/mol. The van der Waals surface area contributed by atoms with E-state index < -0.39 is 5.82 Å². The number of hydrogen-bond acceptors (Lipinski definition) is 3. The van der Waals surface area contributed by atoms with Gasteiger partial charge in [-0.15, -0.1) is 11.3 Å². The van der Waals surface area contributed by atoms with E-state index in [9.17, 15) is 9.18 Å². The van der Waals surface area contributed by atoms with Gasteiger partial charge in [-0.05, 0) is 42.1 Å². The van der Waals surface area contributed by atoms with E-state index in [1.165, 1.54) is 23.5 Å². The third kappa shape index (κ3) is 3.44. The molecule has 5 heteroatoms. The van der Waals surface area contributed by atoms with Crippen molar-refractivity contribution in [3.8, 4) is 11.8 Å². The van der Waals surface area contributed by atoms with E-state index in [1.54, 1.807) is 24.4 Å². The maximum Gasteiger partial charge on any atom is 0.267 e. The maximum atomic E-state index is 13.3. The Labute approximate surface area is 120 Å². The summed E-state index contributed by atoms with van der Waals surface area (Å²) in [6.07, 6.45) is 0. The molecule has 0 fully saturated rings. The van der Waals surface area contributed by atoms with Crippen LogP contribution in [0.25, 0.3) is 0 Å². The first-order valence-corrected chi connectivity index (χ1v) is 6.74. The molecule has 0 radical (unpaired) electrons. The molecule has 0 unspecified atom stereocenters. The molecule has 0 aliphatic carbocycles. The summed E-state index contributed by atoms with van der Waals surface area (Å²) in [6.45, 7) is 1.49. The number of aryl methyl sites for hydroxylation is 1. The predicted octanol–water partition coefficient (Wildman–Crippen LogP) is 2.79. The fourth-order valence-electron chi connectivity index (χ4n) is 1.71. The van der Waals surface area contributed by atoms with Gasteiger partial charge in [-0.25, -0.2) is 4.39 Å². The molecule has 1 aromatic carbocycles. The first kappa shape index (κ1) is 14.3. The zero-order valence-electron chi connectivity index (χ0n) is 10.7. The van der Waals surface area contributed by atoms with Crippen molar-refractivity contribution in [3.63, 3.8) is 0 Å². The predicted molar refractivity (Wildman–Crippen MR) is 77.4 cm³/mol. The summed E-state index contributed by atoms with van der Waals surface area (Å²) in [6, 6.07) is 6.04. The van der Waals surface area contributed by atoms with Crippen LogP contribution >= 0.6 is 11.3 Å². The minimum atomic E-state index is -0.397. The molecule has 2 aromatic rings. The first-order chi connectivity index (χ1) is 9.60. The molecule has 20 heavy (non-hydrogen) atoms. The number of thiophene rings is 1. The SMILES string of the molecule is Cc1cc(F)cc(NC(=O)c2sccc2C#CCO)c1. The Morgan fingerprint density at radius 1 is 1.45 bits per heavy atom. The van der Waals surface area contributed by atoms with Crippen molar-refractivity contribution in [2.24, 2.45) is 0 Å². The lowest BCUT2D eigenvalue weighted by Crippen LogP contribution is -2.11. The molecule has 0 spiro atoms. The second-order valence-electron chi connectivity index (χ2n) is 4.09. The Bertz CT molecular complexity index is 677. The van der Waals surface area contributed by atoms with Crippen LogP contribution in [0.3, 0.4) is 0 Å². The van der Waals surface area contributed by atoms with Crippen molar-refractivity contribution in [1.29, 1.82) is 0 Å². The number of nitrogens with one attached hydrogen (secondary N) is 1. The van der Waals surface area contributed by atoms with Crippen molar-refractivity contribution >= 4 is 22.9 Å². The lowest BCUT2D eigenvalue weighted by Gasteiger charge is -2.05. The van der Waals surface area contributed by atoms with Crippen molar-refractivity contribution in [2.75, 3.05) is 11.9 Å². The fourth-order valence-corrected chi connectivity index (χ4v) is 2.46. The number of carbonyl (C=O) groups excluding carboxylic acids is 1. The highest BCUT2D eigenvalue weighted by molar-refractivity contribution is 7.12. The summed E-state index contributed by atoms with van der Waals surface area (Å²) >= 11 is 1.25. The van der Waals surface area contributed by atoms with E-state index in [2.05, 4.69) is 17.2 Å². The summed E-state index contributed by atoms with van der Waals surface area (Å²) in [5.74, 6) is 4.47. The Hall–Kier alpha value is -2.16. The number of benzene rings is 1. The van der Waals surface area contributed by atoms with Gasteiger partial charge >= 0.3 is 0 Å². The van der Waals surface area contributed by atoms with E-state index in [-0.39, 0.29) is 12.5 Å². The lowest BCUT2D eigenvalue weighted by molar-refractivity contribution is 0.103. The molecule has 1 amide bonds. The minimum absolute atomic E-state index is 0.264. The van der Waals surface area contributed by atoms with E-state index in [0.717, 1.165) is 5.56 Å². The monoisotopic (exact) mass is 289 g/mol.